The average Bonchev–Trinajstić information content (AvgIpc) is 2.33. The van der Waals surface area contributed by atoms with E-state index in [0.717, 1.165) is 16.9 Å². The van der Waals surface area contributed by atoms with Crippen LogP contribution < -0.4 is 16.8 Å². The maximum atomic E-state index is 5.79. The topological polar surface area (TPSA) is 64.1 Å². The van der Waals surface area contributed by atoms with Crippen LogP contribution in [0.4, 0.5) is 17.1 Å². The van der Waals surface area contributed by atoms with E-state index in [4.69, 9.17) is 11.5 Å². The predicted molar refractivity (Wildman–Crippen MR) is 67.3 cm³/mol. The van der Waals surface area contributed by atoms with Gasteiger partial charge in [-0.1, -0.05) is 24.3 Å². The van der Waals surface area contributed by atoms with Gasteiger partial charge in [-0.05, 0) is 23.8 Å². The van der Waals surface area contributed by atoms with Crippen molar-refractivity contribution in [2.75, 3.05) is 11.1 Å². The van der Waals surface area contributed by atoms with E-state index in [9.17, 15) is 0 Å². The number of para-hydroxylation sites is 1. The zero-order chi connectivity index (χ0) is 11.4. The lowest BCUT2D eigenvalue weighted by Gasteiger charge is -2.09. The monoisotopic (exact) mass is 212 g/mol. The number of nitrogens with two attached hydrogens (primary N) is 2. The van der Waals surface area contributed by atoms with Gasteiger partial charge in [-0.25, -0.2) is 0 Å². The van der Waals surface area contributed by atoms with E-state index in [0.29, 0.717) is 12.2 Å². The van der Waals surface area contributed by atoms with Crippen molar-refractivity contribution in [1.82, 2.24) is 0 Å². The Kier molecular flexibility index (Phi) is 3.08. The van der Waals surface area contributed by atoms with Crippen molar-refractivity contribution < 1.29 is 0 Å². The standard InChI is InChI=1S/C13H14N3/c14-9-10-5-7-11(8-6-10)16-13-4-2-1-3-12(13)15/h1-2,4-8,16H,9,14-15H2. The molecule has 0 aliphatic carbocycles. The summed E-state index contributed by atoms with van der Waals surface area (Å²) in [6, 6.07) is 16.5. The molecule has 0 unspecified atom stereocenters. The van der Waals surface area contributed by atoms with E-state index < -0.39 is 0 Å². The molecule has 2 aromatic rings. The van der Waals surface area contributed by atoms with Crippen molar-refractivity contribution in [2.24, 2.45) is 5.73 Å². The molecular weight excluding hydrogens is 198 g/mol. The Labute approximate surface area is 95.1 Å². The highest BCUT2D eigenvalue weighted by molar-refractivity contribution is 5.71. The molecule has 2 rings (SSSR count). The maximum absolute atomic E-state index is 5.79. The Bertz CT molecular complexity index is 463. The molecule has 1 radical (unpaired) electrons. The Balaban J connectivity index is 2.18. The second-order valence-electron chi connectivity index (χ2n) is 3.52. The molecule has 0 bridgehead atoms. The highest BCUT2D eigenvalue weighted by Gasteiger charge is 1.98. The molecule has 0 spiro atoms. The minimum atomic E-state index is 0.557. The molecule has 0 saturated carbocycles. The number of hydrogen-bond acceptors (Lipinski definition) is 3. The Morgan fingerprint density at radius 3 is 2.50 bits per heavy atom. The Morgan fingerprint density at radius 1 is 1.12 bits per heavy atom. The van der Waals surface area contributed by atoms with Gasteiger partial charge in [0.15, 0.2) is 0 Å². The second kappa shape index (κ2) is 4.68. The fraction of sp³-hybridized carbons (Fsp3) is 0.0769. The van der Waals surface area contributed by atoms with E-state index in [1.807, 2.05) is 36.4 Å². The molecule has 0 aromatic heterocycles. The average molecular weight is 212 g/mol. The lowest BCUT2D eigenvalue weighted by Crippen LogP contribution is -1.98. The number of benzene rings is 2. The predicted octanol–water partition coefficient (Wildman–Crippen LogP) is 2.27. The van der Waals surface area contributed by atoms with Crippen LogP contribution >= 0.6 is 0 Å². The highest BCUT2D eigenvalue weighted by Crippen LogP contribution is 2.22. The molecule has 0 atom stereocenters. The zero-order valence-electron chi connectivity index (χ0n) is 8.90. The molecule has 0 fully saturated rings. The van der Waals surface area contributed by atoms with Gasteiger partial charge in [-0.15, -0.1) is 0 Å². The lowest BCUT2D eigenvalue weighted by atomic mass is 10.2. The molecule has 3 heteroatoms. The van der Waals surface area contributed by atoms with Gasteiger partial charge in [0.25, 0.3) is 0 Å². The minimum absolute atomic E-state index is 0.557. The van der Waals surface area contributed by atoms with Gasteiger partial charge in [0.2, 0.25) is 0 Å². The van der Waals surface area contributed by atoms with Gasteiger partial charge >= 0.3 is 0 Å². The van der Waals surface area contributed by atoms with Crippen LogP contribution in [0.1, 0.15) is 5.56 Å². The van der Waals surface area contributed by atoms with Crippen molar-refractivity contribution >= 4 is 17.1 Å². The van der Waals surface area contributed by atoms with Crippen LogP contribution in [0.25, 0.3) is 0 Å². The van der Waals surface area contributed by atoms with Crippen molar-refractivity contribution in [3.63, 3.8) is 0 Å². The lowest BCUT2D eigenvalue weighted by molar-refractivity contribution is 1.07. The maximum Gasteiger partial charge on any atom is 0.0633 e. The van der Waals surface area contributed by atoms with E-state index in [1.165, 1.54) is 0 Å². The van der Waals surface area contributed by atoms with E-state index >= 15 is 0 Å². The quantitative estimate of drug-likeness (QED) is 0.684. The fourth-order valence-corrected chi connectivity index (χ4v) is 1.44. The Morgan fingerprint density at radius 2 is 1.88 bits per heavy atom. The van der Waals surface area contributed by atoms with Gasteiger partial charge in [0.1, 0.15) is 0 Å². The first-order valence-electron chi connectivity index (χ1n) is 5.12. The SMILES string of the molecule is NCc1ccc(Nc2ccc[c]c2N)cc1. The van der Waals surface area contributed by atoms with Crippen molar-refractivity contribution in [3.05, 3.63) is 54.1 Å². The van der Waals surface area contributed by atoms with E-state index in [1.54, 1.807) is 6.07 Å². The van der Waals surface area contributed by atoms with E-state index in [-0.39, 0.29) is 0 Å². The van der Waals surface area contributed by atoms with Gasteiger partial charge in [0.05, 0.1) is 11.4 Å². The van der Waals surface area contributed by atoms with Crippen LogP contribution in [0.15, 0.2) is 42.5 Å². The van der Waals surface area contributed by atoms with Crippen LogP contribution in [-0.2, 0) is 6.54 Å². The summed E-state index contributed by atoms with van der Waals surface area (Å²) in [5, 5.41) is 3.23. The second-order valence-corrected chi connectivity index (χ2v) is 3.52. The molecule has 0 saturated heterocycles. The fourth-order valence-electron chi connectivity index (χ4n) is 1.44. The minimum Gasteiger partial charge on any atom is -0.397 e. The summed E-state index contributed by atoms with van der Waals surface area (Å²) in [5.74, 6) is 0. The molecule has 5 N–H and O–H groups in total. The molecule has 3 nitrogen and oxygen atoms in total. The van der Waals surface area contributed by atoms with Crippen LogP contribution in [0, 0.1) is 6.07 Å². The third-order valence-corrected chi connectivity index (χ3v) is 2.36. The number of anilines is 3. The molecule has 2 aromatic carbocycles. The summed E-state index contributed by atoms with van der Waals surface area (Å²) >= 11 is 0. The van der Waals surface area contributed by atoms with Gasteiger partial charge in [0, 0.05) is 18.3 Å². The van der Waals surface area contributed by atoms with Crippen LogP contribution in [0.3, 0.4) is 0 Å². The number of nitrogen functional groups attached to an aromatic ring is 1. The van der Waals surface area contributed by atoms with Crippen LogP contribution in [0.2, 0.25) is 0 Å². The summed E-state index contributed by atoms with van der Waals surface area (Å²) in [6.45, 7) is 0.557. The first-order chi connectivity index (χ1) is 7.79. The van der Waals surface area contributed by atoms with Crippen molar-refractivity contribution in [3.8, 4) is 0 Å². The van der Waals surface area contributed by atoms with Gasteiger partial charge in [-0.2, -0.15) is 0 Å². The zero-order valence-corrected chi connectivity index (χ0v) is 8.90. The summed E-state index contributed by atoms with van der Waals surface area (Å²) in [7, 11) is 0. The smallest absolute Gasteiger partial charge is 0.0633 e. The van der Waals surface area contributed by atoms with Crippen molar-refractivity contribution in [2.45, 2.75) is 6.54 Å². The first-order valence-corrected chi connectivity index (χ1v) is 5.12. The third kappa shape index (κ3) is 2.32. The normalized spacial score (nSPS) is 10.1. The molecule has 0 aliphatic heterocycles. The molecule has 0 amide bonds. The summed E-state index contributed by atoms with van der Waals surface area (Å²) in [6.07, 6.45) is 0. The van der Waals surface area contributed by atoms with Gasteiger partial charge in [-0.3, -0.25) is 0 Å². The van der Waals surface area contributed by atoms with Crippen LogP contribution in [-0.4, -0.2) is 0 Å². The summed E-state index contributed by atoms with van der Waals surface area (Å²) in [4.78, 5) is 0. The molecular formula is C13H14N3. The summed E-state index contributed by atoms with van der Waals surface area (Å²) in [5.41, 5.74) is 14.9. The largest absolute Gasteiger partial charge is 0.397 e. The number of nitrogens with one attached hydrogen (secondary N) is 1. The van der Waals surface area contributed by atoms with E-state index in [2.05, 4.69) is 11.4 Å². The molecule has 81 valence electrons. The molecule has 0 heterocycles. The third-order valence-electron chi connectivity index (χ3n) is 2.36. The van der Waals surface area contributed by atoms with Crippen LogP contribution in [0.5, 0.6) is 0 Å². The molecule has 16 heavy (non-hydrogen) atoms. The summed E-state index contributed by atoms with van der Waals surface area (Å²) < 4.78 is 0. The number of rotatable bonds is 3. The Hall–Kier alpha value is -2.00. The van der Waals surface area contributed by atoms with Gasteiger partial charge < -0.3 is 16.8 Å². The highest BCUT2D eigenvalue weighted by atomic mass is 14.9. The molecule has 0 aliphatic rings. The van der Waals surface area contributed by atoms with Crippen molar-refractivity contribution in [1.29, 1.82) is 0 Å². The first kappa shape index (κ1) is 10.5. The number of hydrogen-bond donors (Lipinski definition) is 3.